The van der Waals surface area contributed by atoms with E-state index in [1.807, 2.05) is 23.9 Å². The topological polar surface area (TPSA) is 56.1 Å². The average molecular weight is 245 g/mol. The highest BCUT2D eigenvalue weighted by atomic mass is 16.5. The summed E-state index contributed by atoms with van der Waals surface area (Å²) in [6.45, 7) is 3.22. The molecule has 2 aromatic heterocycles. The van der Waals surface area contributed by atoms with Crippen LogP contribution in [0.1, 0.15) is 0 Å². The van der Waals surface area contributed by atoms with Crippen molar-refractivity contribution in [2.75, 3.05) is 31.2 Å². The van der Waals surface area contributed by atoms with Gasteiger partial charge in [0.25, 0.3) is 0 Å². The number of nitrogens with zero attached hydrogens (tertiary/aromatic N) is 5. The molecule has 1 saturated heterocycles. The Balaban J connectivity index is 1.91. The molecule has 6 nitrogen and oxygen atoms in total. The summed E-state index contributed by atoms with van der Waals surface area (Å²) in [6, 6.07) is 3.83. The van der Waals surface area contributed by atoms with Crippen LogP contribution in [-0.4, -0.2) is 46.1 Å². The van der Waals surface area contributed by atoms with Crippen molar-refractivity contribution >= 4 is 5.95 Å². The maximum Gasteiger partial charge on any atom is 0.224 e. The molecular formula is C12H15N5O. The fourth-order valence-corrected chi connectivity index (χ4v) is 2.04. The van der Waals surface area contributed by atoms with Crippen LogP contribution < -0.4 is 4.90 Å². The van der Waals surface area contributed by atoms with E-state index in [0.29, 0.717) is 0 Å². The highest BCUT2D eigenvalue weighted by Gasteiger charge is 2.18. The third-order valence-electron chi connectivity index (χ3n) is 2.97. The van der Waals surface area contributed by atoms with Gasteiger partial charge < -0.3 is 9.64 Å². The molecule has 0 bridgehead atoms. The lowest BCUT2D eigenvalue weighted by Crippen LogP contribution is -2.37. The van der Waals surface area contributed by atoms with Crippen LogP contribution in [0, 0.1) is 0 Å². The van der Waals surface area contributed by atoms with Crippen molar-refractivity contribution < 1.29 is 4.74 Å². The van der Waals surface area contributed by atoms with Gasteiger partial charge in [0.1, 0.15) is 0 Å². The van der Waals surface area contributed by atoms with Crippen molar-refractivity contribution in [1.29, 1.82) is 0 Å². The van der Waals surface area contributed by atoms with E-state index in [1.165, 1.54) is 0 Å². The molecule has 0 radical (unpaired) electrons. The number of rotatable bonds is 2. The van der Waals surface area contributed by atoms with Crippen LogP contribution in [0.5, 0.6) is 0 Å². The summed E-state index contributed by atoms with van der Waals surface area (Å²) in [5.41, 5.74) is 0.986. The second kappa shape index (κ2) is 4.73. The first kappa shape index (κ1) is 11.2. The quantitative estimate of drug-likeness (QED) is 0.780. The van der Waals surface area contributed by atoms with Crippen molar-refractivity contribution in [3.8, 4) is 11.4 Å². The number of aromatic nitrogens is 4. The first-order valence-corrected chi connectivity index (χ1v) is 5.99. The second-order valence-corrected chi connectivity index (χ2v) is 4.19. The van der Waals surface area contributed by atoms with Crippen LogP contribution in [0.15, 0.2) is 24.5 Å². The van der Waals surface area contributed by atoms with E-state index in [-0.39, 0.29) is 0 Å². The molecule has 0 atom stereocenters. The molecule has 3 rings (SSSR count). The summed E-state index contributed by atoms with van der Waals surface area (Å²) in [7, 11) is 1.92. The largest absolute Gasteiger partial charge is 0.378 e. The zero-order chi connectivity index (χ0) is 12.4. The van der Waals surface area contributed by atoms with Crippen molar-refractivity contribution in [2.45, 2.75) is 0 Å². The van der Waals surface area contributed by atoms with E-state index in [0.717, 1.165) is 43.6 Å². The van der Waals surface area contributed by atoms with Crippen LogP contribution in [-0.2, 0) is 11.8 Å². The Kier molecular flexibility index (Phi) is 2.93. The summed E-state index contributed by atoms with van der Waals surface area (Å²) in [5, 5.41) is 4.45. The zero-order valence-corrected chi connectivity index (χ0v) is 10.3. The van der Waals surface area contributed by atoms with E-state index >= 15 is 0 Å². The van der Waals surface area contributed by atoms with Gasteiger partial charge in [-0.1, -0.05) is 0 Å². The number of anilines is 1. The molecule has 2 aromatic rings. The van der Waals surface area contributed by atoms with E-state index < -0.39 is 0 Å². The molecule has 0 N–H and O–H groups in total. The Labute approximate surface area is 105 Å². The van der Waals surface area contributed by atoms with Gasteiger partial charge in [-0.3, -0.25) is 4.98 Å². The SMILES string of the molecule is Cn1nc(-c2ccncc2)nc1N1CCOCC1. The fourth-order valence-electron chi connectivity index (χ4n) is 2.04. The van der Waals surface area contributed by atoms with Crippen LogP contribution >= 0.6 is 0 Å². The minimum absolute atomic E-state index is 0.737. The number of hydrogen-bond donors (Lipinski definition) is 0. The first-order valence-electron chi connectivity index (χ1n) is 5.99. The highest BCUT2D eigenvalue weighted by Crippen LogP contribution is 2.19. The lowest BCUT2D eigenvalue weighted by Gasteiger charge is -2.26. The Bertz CT molecular complexity index is 519. The van der Waals surface area contributed by atoms with Gasteiger partial charge >= 0.3 is 0 Å². The van der Waals surface area contributed by atoms with Crippen LogP contribution in [0.2, 0.25) is 0 Å². The monoisotopic (exact) mass is 245 g/mol. The Hall–Kier alpha value is -1.95. The van der Waals surface area contributed by atoms with Crippen LogP contribution in [0.25, 0.3) is 11.4 Å². The Morgan fingerprint density at radius 1 is 1.17 bits per heavy atom. The molecule has 0 spiro atoms. The maximum atomic E-state index is 5.35. The lowest BCUT2D eigenvalue weighted by molar-refractivity contribution is 0.121. The Morgan fingerprint density at radius 3 is 2.61 bits per heavy atom. The highest BCUT2D eigenvalue weighted by molar-refractivity contribution is 5.55. The number of morpholine rings is 1. The molecule has 1 aliphatic heterocycles. The van der Waals surface area contributed by atoms with E-state index in [1.54, 1.807) is 12.4 Å². The molecular weight excluding hydrogens is 230 g/mol. The predicted molar refractivity (Wildman–Crippen MR) is 67.3 cm³/mol. The summed E-state index contributed by atoms with van der Waals surface area (Å²) < 4.78 is 7.17. The van der Waals surface area contributed by atoms with E-state index in [4.69, 9.17) is 4.74 Å². The van der Waals surface area contributed by atoms with Crippen molar-refractivity contribution in [2.24, 2.45) is 7.05 Å². The van der Waals surface area contributed by atoms with Crippen molar-refractivity contribution in [1.82, 2.24) is 19.7 Å². The minimum Gasteiger partial charge on any atom is -0.378 e. The molecule has 1 aliphatic rings. The molecule has 0 aromatic carbocycles. The van der Waals surface area contributed by atoms with Crippen LogP contribution in [0.3, 0.4) is 0 Å². The smallest absolute Gasteiger partial charge is 0.224 e. The summed E-state index contributed by atoms with van der Waals surface area (Å²) >= 11 is 0. The van der Waals surface area contributed by atoms with Gasteiger partial charge in [-0.05, 0) is 12.1 Å². The molecule has 18 heavy (non-hydrogen) atoms. The third kappa shape index (κ3) is 2.06. The molecule has 0 amide bonds. The van der Waals surface area contributed by atoms with E-state index in [9.17, 15) is 0 Å². The van der Waals surface area contributed by atoms with Gasteiger partial charge in [0.2, 0.25) is 5.95 Å². The molecule has 0 saturated carbocycles. The van der Waals surface area contributed by atoms with Gasteiger partial charge in [0.05, 0.1) is 13.2 Å². The summed E-state index contributed by atoms with van der Waals surface area (Å²) in [5.74, 6) is 1.63. The molecule has 0 unspecified atom stereocenters. The molecule has 0 aliphatic carbocycles. The van der Waals surface area contributed by atoms with Gasteiger partial charge in [0, 0.05) is 38.1 Å². The average Bonchev–Trinajstić information content (AvgIpc) is 2.83. The van der Waals surface area contributed by atoms with Gasteiger partial charge in [-0.2, -0.15) is 4.98 Å². The summed E-state index contributed by atoms with van der Waals surface area (Å²) in [4.78, 5) is 10.8. The van der Waals surface area contributed by atoms with Crippen molar-refractivity contribution in [3.63, 3.8) is 0 Å². The summed E-state index contributed by atoms with van der Waals surface area (Å²) in [6.07, 6.45) is 3.50. The molecule has 6 heteroatoms. The standard InChI is InChI=1S/C12H15N5O/c1-16-12(17-6-8-18-9-7-17)14-11(15-16)10-2-4-13-5-3-10/h2-5H,6-9H2,1H3. The minimum atomic E-state index is 0.737. The number of hydrogen-bond acceptors (Lipinski definition) is 5. The third-order valence-corrected chi connectivity index (χ3v) is 2.97. The molecule has 3 heterocycles. The van der Waals surface area contributed by atoms with Gasteiger partial charge in [-0.25, -0.2) is 4.68 Å². The second-order valence-electron chi connectivity index (χ2n) is 4.19. The first-order chi connectivity index (χ1) is 8.84. The predicted octanol–water partition coefficient (Wildman–Crippen LogP) is 0.714. The van der Waals surface area contributed by atoms with E-state index in [2.05, 4.69) is 20.0 Å². The Morgan fingerprint density at radius 2 is 1.89 bits per heavy atom. The van der Waals surface area contributed by atoms with Crippen LogP contribution in [0.4, 0.5) is 5.95 Å². The van der Waals surface area contributed by atoms with Crippen molar-refractivity contribution in [3.05, 3.63) is 24.5 Å². The maximum absolute atomic E-state index is 5.35. The molecule has 94 valence electrons. The number of aryl methyl sites for hydroxylation is 1. The zero-order valence-electron chi connectivity index (χ0n) is 10.3. The normalized spacial score (nSPS) is 15.9. The van der Waals surface area contributed by atoms with Gasteiger partial charge in [0.15, 0.2) is 5.82 Å². The lowest BCUT2D eigenvalue weighted by atomic mass is 10.3. The molecule has 1 fully saturated rings. The fraction of sp³-hybridized carbons (Fsp3) is 0.417. The number of pyridine rings is 1. The van der Waals surface area contributed by atoms with Gasteiger partial charge in [-0.15, -0.1) is 5.10 Å². The number of ether oxygens (including phenoxy) is 1.